The van der Waals surface area contributed by atoms with E-state index in [1.165, 1.54) is 60.0 Å². The van der Waals surface area contributed by atoms with Gasteiger partial charge in [0.15, 0.2) is 0 Å². The molecule has 0 atom stereocenters. The van der Waals surface area contributed by atoms with Crippen molar-refractivity contribution in [2.45, 2.75) is 39.0 Å². The minimum atomic E-state index is -2.17. The molecule has 0 saturated carbocycles. The summed E-state index contributed by atoms with van der Waals surface area (Å²) in [7, 11) is -8.67. The van der Waals surface area contributed by atoms with Crippen LogP contribution in [0.25, 0.3) is 0 Å². The molecule has 0 amide bonds. The third kappa shape index (κ3) is 71.7. The van der Waals surface area contributed by atoms with Gasteiger partial charge in [0.25, 0.3) is 0 Å². The van der Waals surface area contributed by atoms with Gasteiger partial charge in [-0.3, -0.25) is 0 Å². The predicted molar refractivity (Wildman–Crippen MR) is 107 cm³/mol. The smallest absolute Gasteiger partial charge is 0.402 e. The molecule has 0 spiro atoms. The molecule has 0 aromatic carbocycles. The predicted octanol–water partition coefficient (Wildman–Crippen LogP) is -5.54. The van der Waals surface area contributed by atoms with Crippen molar-refractivity contribution in [2.75, 3.05) is 0 Å². The Hall–Kier alpha value is 0.480. The number of aryl methyl sites for hydroxylation is 1. The average molecular weight is 438 g/mol. The maximum absolute atomic E-state index is 7.17. The number of hydrogen-bond acceptors (Lipinski definition) is 13. The van der Waals surface area contributed by atoms with Gasteiger partial charge < -0.3 is 60.3 Å². The van der Waals surface area contributed by atoms with Crippen molar-refractivity contribution in [1.82, 2.24) is 0 Å². The zero-order chi connectivity index (χ0) is 23.1. The molecule has 0 fully saturated rings. The van der Waals surface area contributed by atoms with Crippen molar-refractivity contribution in [2.24, 2.45) is 0 Å². The normalized spacial score (nSPS) is 8.39. The van der Waals surface area contributed by atoms with Crippen molar-refractivity contribution < 1.29 is 60.3 Å². The van der Waals surface area contributed by atoms with Crippen LogP contribution in [0.2, 0.25) is 0 Å². The molecule has 18 heteroatoms. The monoisotopic (exact) mass is 438 g/mol. The molecule has 1 heterocycles. The fourth-order valence-electron chi connectivity index (χ4n) is 1.35. The Labute approximate surface area is 186 Å². The standard InChI is InChI=1S/C10H15S.4BH3O3.Na/c1-2-3-4-5-7-10-8-6-9-11-10;4*2-1(3)4;/h6,8H,2-5,7H2,1H3;4*2-4H;. The first-order valence-electron chi connectivity index (χ1n) is 7.98. The second-order valence-corrected chi connectivity index (χ2v) is 7.88. The molecule has 0 unspecified atom stereocenters. The van der Waals surface area contributed by atoms with Gasteiger partial charge in [0.1, 0.15) is 0 Å². The van der Waals surface area contributed by atoms with Crippen molar-refractivity contribution in [3.8, 4) is 0 Å². The van der Waals surface area contributed by atoms with E-state index < -0.39 is 29.3 Å². The second-order valence-electron chi connectivity index (χ2n) is 4.71. The average Bonchev–Trinajstić information content (AvgIpc) is 2.87. The van der Waals surface area contributed by atoms with Gasteiger partial charge in [0, 0.05) is 0 Å². The number of thiophene rings is 1. The van der Waals surface area contributed by atoms with E-state index in [1.54, 1.807) is 7.00 Å². The maximum atomic E-state index is 7.17. The zero-order valence-corrected chi connectivity index (χ0v) is 18.6. The Balaban J connectivity index is -0.000000150. The van der Waals surface area contributed by atoms with Gasteiger partial charge in [0.2, 0.25) is 0 Å². The molecular weight excluding hydrogens is 410 g/mol. The molecule has 0 aliphatic carbocycles. The Morgan fingerprint density at radius 3 is 1.29 bits per heavy atom. The molecule has 12 nitrogen and oxygen atoms in total. The molecule has 0 radical (unpaired) electrons. The molecule has 0 aliphatic rings. The van der Waals surface area contributed by atoms with Gasteiger partial charge in [-0.2, -0.15) is 0 Å². The molecule has 0 bridgehead atoms. The quantitative estimate of drug-likeness (QED) is 0.152. The summed E-state index contributed by atoms with van der Waals surface area (Å²) in [6.07, 6.45) is 6.85. The van der Waals surface area contributed by atoms with Gasteiger partial charge in [0.05, 0.1) is 0 Å². The van der Waals surface area contributed by atoms with E-state index in [4.69, 9.17) is 60.3 Å². The van der Waals surface area contributed by atoms with E-state index in [0.717, 1.165) is 0 Å². The van der Waals surface area contributed by atoms with E-state index in [0.29, 0.717) is 0 Å². The van der Waals surface area contributed by atoms with Gasteiger partial charge in [-0.15, -0.1) is 0 Å². The fourth-order valence-corrected chi connectivity index (χ4v) is 3.23. The molecule has 0 saturated heterocycles. The van der Waals surface area contributed by atoms with Crippen molar-refractivity contribution in [1.29, 1.82) is 0 Å². The number of rotatable bonds is 5. The van der Waals surface area contributed by atoms with Gasteiger partial charge in [-0.05, 0) is 0 Å². The Bertz CT molecular complexity index is 367. The molecule has 1 rings (SSSR count). The third-order valence-electron chi connectivity index (χ3n) is 2.07. The molecule has 28 heavy (non-hydrogen) atoms. The Morgan fingerprint density at radius 2 is 1.04 bits per heavy atom. The Kier molecular flexibility index (Phi) is 35.2. The fraction of sp³-hybridized carbons (Fsp3) is 0.600. The molecular formula is C10H27B4NaO12S. The second kappa shape index (κ2) is 27.5. The van der Waals surface area contributed by atoms with Crippen LogP contribution in [0.5, 0.6) is 0 Å². The summed E-state index contributed by atoms with van der Waals surface area (Å²) in [5.41, 5.74) is 0. The van der Waals surface area contributed by atoms with Crippen LogP contribution < -0.4 is 2.13 Å². The zero-order valence-electron chi connectivity index (χ0n) is 15.8. The van der Waals surface area contributed by atoms with Crippen LogP contribution in [0.15, 0.2) is 12.1 Å². The van der Waals surface area contributed by atoms with Crippen LogP contribution in [0.3, 0.4) is 0 Å². The Morgan fingerprint density at radius 1 is 0.679 bits per heavy atom. The van der Waals surface area contributed by atoms with Crippen LogP contribution in [-0.2, 0) is 6.42 Å². The van der Waals surface area contributed by atoms with E-state index in [2.05, 4.69) is 19.1 Å². The van der Waals surface area contributed by atoms with E-state index in [-0.39, 0.29) is 0 Å². The minimum absolute atomic E-state index is 1.22. The first-order valence-corrected chi connectivity index (χ1v) is 9.79. The summed E-state index contributed by atoms with van der Waals surface area (Å²) in [4.78, 5) is 1.59. The van der Waals surface area contributed by atoms with Crippen molar-refractivity contribution >= 4 is 70.7 Å². The van der Waals surface area contributed by atoms with Gasteiger partial charge in [-0.25, -0.2) is 0 Å². The molecule has 1 aromatic rings. The third-order valence-corrected chi connectivity index (χ3v) is 4.08. The molecule has 1 aromatic heterocycles. The van der Waals surface area contributed by atoms with Crippen molar-refractivity contribution in [3.63, 3.8) is 0 Å². The van der Waals surface area contributed by atoms with E-state index >= 15 is 0 Å². The largest absolute Gasteiger partial charge is 0.631 e. The number of hydrogen-bond donors (Lipinski definition) is 12. The summed E-state index contributed by atoms with van der Waals surface area (Å²) < 4.78 is 1.58. The summed E-state index contributed by atoms with van der Waals surface area (Å²) in [6, 6.07) is 4.59. The minimum Gasteiger partial charge on any atom is -0.402 e. The van der Waals surface area contributed by atoms with E-state index in [9.17, 15) is 0 Å². The van der Waals surface area contributed by atoms with Gasteiger partial charge in [-0.1, -0.05) is 0 Å². The first kappa shape index (κ1) is 35.9. The molecule has 158 valence electrons. The van der Waals surface area contributed by atoms with Gasteiger partial charge >= 0.3 is 127 Å². The summed E-state index contributed by atoms with van der Waals surface area (Å²) >= 11 is 3.23. The molecule has 0 aliphatic heterocycles. The summed E-state index contributed by atoms with van der Waals surface area (Å²) in [5, 5.41) is 86.0. The van der Waals surface area contributed by atoms with Crippen LogP contribution in [-0.4, -0.2) is 118 Å². The maximum Gasteiger partial charge on any atom is 0.631 e. The van der Waals surface area contributed by atoms with Crippen LogP contribution in [0, 0.1) is 0 Å². The van der Waals surface area contributed by atoms with E-state index in [1.807, 2.05) is 11.3 Å². The topological polar surface area (TPSA) is 243 Å². The van der Waals surface area contributed by atoms with Crippen LogP contribution in [0.4, 0.5) is 0 Å². The molecule has 12 N–H and O–H groups in total. The van der Waals surface area contributed by atoms with Crippen LogP contribution >= 0.6 is 11.3 Å². The summed E-state index contributed by atoms with van der Waals surface area (Å²) in [5.74, 6) is 0. The van der Waals surface area contributed by atoms with Crippen molar-refractivity contribution in [3.05, 3.63) is 17.0 Å². The van der Waals surface area contributed by atoms with Crippen LogP contribution in [0.1, 0.15) is 37.5 Å². The SMILES string of the molecule is CCCCCCc1cc[c]([Na])s1.OB(O)O.OB(O)O.OB(O)O.OB(O)O. The summed E-state index contributed by atoms with van der Waals surface area (Å²) in [6.45, 7) is 2.26. The number of unbranched alkanes of at least 4 members (excludes halogenated alkanes) is 3. The first-order chi connectivity index (χ1) is 12.8.